The van der Waals surface area contributed by atoms with Crippen LogP contribution < -0.4 is 0 Å². The molecule has 0 saturated heterocycles. The lowest BCUT2D eigenvalue weighted by atomic mass is 9.89. The number of hydrogen-bond acceptors (Lipinski definition) is 2. The predicted octanol–water partition coefficient (Wildman–Crippen LogP) is 4.27. The molecular formula is C17H20OS. The number of benzene rings is 1. The molecule has 2 heteroatoms. The molecule has 3 rings (SSSR count). The highest BCUT2D eigenvalue weighted by Crippen LogP contribution is 2.32. The molecule has 2 aromatic rings. The largest absolute Gasteiger partial charge is 0.383 e. The third-order valence-corrected chi connectivity index (χ3v) is 5.11. The normalized spacial score (nSPS) is 16.1. The van der Waals surface area contributed by atoms with Crippen LogP contribution in [0.3, 0.4) is 0 Å². The Morgan fingerprint density at radius 3 is 2.74 bits per heavy atom. The molecule has 0 amide bonds. The van der Waals surface area contributed by atoms with E-state index >= 15 is 0 Å². The Kier molecular flexibility index (Phi) is 3.72. The molecule has 1 atom stereocenters. The Morgan fingerprint density at radius 1 is 1.16 bits per heavy atom. The smallest absolute Gasteiger partial charge is 0.113 e. The lowest BCUT2D eigenvalue weighted by molar-refractivity contribution is 0.223. The fourth-order valence-corrected chi connectivity index (χ4v) is 3.96. The summed E-state index contributed by atoms with van der Waals surface area (Å²) in [6.45, 7) is 2.14. The molecule has 100 valence electrons. The summed E-state index contributed by atoms with van der Waals surface area (Å²) in [6, 6.07) is 8.67. The first kappa shape index (κ1) is 12.9. The van der Waals surface area contributed by atoms with Crippen LogP contribution in [0.2, 0.25) is 0 Å². The van der Waals surface area contributed by atoms with Crippen LogP contribution in [0.5, 0.6) is 0 Å². The summed E-state index contributed by atoms with van der Waals surface area (Å²) in [5.74, 6) is 0. The Bertz CT molecular complexity index is 570. The predicted molar refractivity (Wildman–Crippen MR) is 80.8 cm³/mol. The van der Waals surface area contributed by atoms with Gasteiger partial charge in [-0.2, -0.15) is 0 Å². The number of thiophene rings is 1. The van der Waals surface area contributed by atoms with Crippen molar-refractivity contribution in [2.45, 2.75) is 45.1 Å². The Balaban J connectivity index is 1.93. The summed E-state index contributed by atoms with van der Waals surface area (Å²) < 4.78 is 0. The van der Waals surface area contributed by atoms with Gasteiger partial charge < -0.3 is 5.11 Å². The molecule has 1 aliphatic carbocycles. The number of rotatable bonds is 3. The van der Waals surface area contributed by atoms with E-state index in [1.54, 1.807) is 11.3 Å². The Morgan fingerprint density at radius 2 is 1.95 bits per heavy atom. The van der Waals surface area contributed by atoms with Gasteiger partial charge in [-0.3, -0.25) is 0 Å². The van der Waals surface area contributed by atoms with Gasteiger partial charge in [-0.25, -0.2) is 0 Å². The second-order valence-electron chi connectivity index (χ2n) is 5.30. The molecule has 1 aliphatic rings. The third kappa shape index (κ3) is 2.47. The van der Waals surface area contributed by atoms with Gasteiger partial charge in [0.15, 0.2) is 0 Å². The minimum atomic E-state index is -0.456. The zero-order valence-corrected chi connectivity index (χ0v) is 12.2. The lowest BCUT2D eigenvalue weighted by Gasteiger charge is -2.19. The van der Waals surface area contributed by atoms with E-state index in [4.69, 9.17) is 0 Å². The maximum atomic E-state index is 10.6. The fraction of sp³-hybridized carbons (Fsp3) is 0.412. The highest BCUT2D eigenvalue weighted by Gasteiger charge is 2.17. The van der Waals surface area contributed by atoms with Crippen LogP contribution in [0.25, 0.3) is 0 Å². The van der Waals surface area contributed by atoms with Crippen molar-refractivity contribution in [3.05, 3.63) is 56.8 Å². The van der Waals surface area contributed by atoms with Crippen molar-refractivity contribution in [3.63, 3.8) is 0 Å². The van der Waals surface area contributed by atoms with Crippen molar-refractivity contribution in [3.8, 4) is 0 Å². The van der Waals surface area contributed by atoms with Gasteiger partial charge in [-0.1, -0.05) is 25.1 Å². The van der Waals surface area contributed by atoms with E-state index in [2.05, 4.69) is 36.6 Å². The average Bonchev–Trinajstić information content (AvgIpc) is 2.94. The molecule has 0 spiro atoms. The van der Waals surface area contributed by atoms with Crippen LogP contribution in [0.15, 0.2) is 29.6 Å². The number of fused-ring (bicyclic) bond motifs is 1. The molecule has 0 saturated carbocycles. The molecule has 1 aromatic carbocycles. The van der Waals surface area contributed by atoms with Gasteiger partial charge >= 0.3 is 0 Å². The first-order valence-corrected chi connectivity index (χ1v) is 8.03. The molecule has 0 fully saturated rings. The van der Waals surface area contributed by atoms with Crippen LogP contribution in [-0.4, -0.2) is 5.11 Å². The fourth-order valence-electron chi connectivity index (χ4n) is 2.95. The molecule has 1 nitrogen and oxygen atoms in total. The summed E-state index contributed by atoms with van der Waals surface area (Å²) in [5, 5.41) is 12.7. The van der Waals surface area contributed by atoms with Crippen LogP contribution >= 0.6 is 11.3 Å². The quantitative estimate of drug-likeness (QED) is 0.884. The van der Waals surface area contributed by atoms with E-state index in [9.17, 15) is 5.11 Å². The molecule has 1 aromatic heterocycles. The maximum absolute atomic E-state index is 10.6. The van der Waals surface area contributed by atoms with Crippen LogP contribution in [-0.2, 0) is 19.3 Å². The van der Waals surface area contributed by atoms with Crippen molar-refractivity contribution in [1.82, 2.24) is 0 Å². The Labute approximate surface area is 118 Å². The minimum Gasteiger partial charge on any atom is -0.383 e. The zero-order chi connectivity index (χ0) is 13.2. The van der Waals surface area contributed by atoms with E-state index in [0.29, 0.717) is 0 Å². The molecule has 0 radical (unpaired) electrons. The zero-order valence-electron chi connectivity index (χ0n) is 11.4. The molecule has 0 bridgehead atoms. The average molecular weight is 272 g/mol. The maximum Gasteiger partial charge on any atom is 0.113 e. The third-order valence-electron chi connectivity index (χ3n) is 4.10. The topological polar surface area (TPSA) is 20.2 Å². The summed E-state index contributed by atoms with van der Waals surface area (Å²) in [5.41, 5.74) is 5.24. The highest BCUT2D eigenvalue weighted by molar-refractivity contribution is 7.10. The van der Waals surface area contributed by atoms with Gasteiger partial charge in [0, 0.05) is 4.88 Å². The summed E-state index contributed by atoms with van der Waals surface area (Å²) in [4.78, 5) is 1.11. The van der Waals surface area contributed by atoms with Crippen LogP contribution in [0.1, 0.15) is 53.0 Å². The molecule has 19 heavy (non-hydrogen) atoms. The Hall–Kier alpha value is -1.12. The van der Waals surface area contributed by atoms with Crippen molar-refractivity contribution in [1.29, 1.82) is 0 Å². The van der Waals surface area contributed by atoms with E-state index in [1.807, 2.05) is 0 Å². The monoisotopic (exact) mass is 272 g/mol. The molecule has 0 aliphatic heterocycles. The second-order valence-corrected chi connectivity index (χ2v) is 6.25. The van der Waals surface area contributed by atoms with Crippen molar-refractivity contribution >= 4 is 11.3 Å². The van der Waals surface area contributed by atoms with Crippen molar-refractivity contribution in [2.75, 3.05) is 0 Å². The minimum absolute atomic E-state index is 0.456. The van der Waals surface area contributed by atoms with Crippen LogP contribution in [0, 0.1) is 0 Å². The first-order valence-electron chi connectivity index (χ1n) is 7.15. The van der Waals surface area contributed by atoms with Gasteiger partial charge in [-0.05, 0) is 65.8 Å². The van der Waals surface area contributed by atoms with E-state index in [-0.39, 0.29) is 0 Å². The number of hydrogen-bond donors (Lipinski definition) is 1. The summed E-state index contributed by atoms with van der Waals surface area (Å²) in [6.07, 6.45) is 5.49. The standard InChI is InChI=1S/C17H20OS/c1-2-12-9-10-19-17(12)16(18)15-8-7-13-5-3-4-6-14(13)11-15/h7-11,16,18H,2-6H2,1H3. The van der Waals surface area contributed by atoms with Crippen molar-refractivity contribution in [2.24, 2.45) is 0 Å². The van der Waals surface area contributed by atoms with Gasteiger partial charge in [-0.15, -0.1) is 11.3 Å². The highest BCUT2D eigenvalue weighted by atomic mass is 32.1. The van der Waals surface area contributed by atoms with Crippen molar-refractivity contribution < 1.29 is 5.11 Å². The van der Waals surface area contributed by atoms with E-state index in [1.165, 1.54) is 42.4 Å². The summed E-state index contributed by atoms with van der Waals surface area (Å²) in [7, 11) is 0. The van der Waals surface area contributed by atoms with Gasteiger partial charge in [0.1, 0.15) is 6.10 Å². The molecule has 1 unspecified atom stereocenters. The van der Waals surface area contributed by atoms with Crippen LogP contribution in [0.4, 0.5) is 0 Å². The number of aliphatic hydroxyl groups is 1. The molecule has 1 N–H and O–H groups in total. The second kappa shape index (κ2) is 5.48. The number of aliphatic hydroxyl groups excluding tert-OH is 1. The SMILES string of the molecule is CCc1ccsc1C(O)c1ccc2c(c1)CCCC2. The van der Waals surface area contributed by atoms with E-state index < -0.39 is 6.10 Å². The van der Waals surface area contributed by atoms with Gasteiger partial charge in [0.05, 0.1) is 0 Å². The first-order chi connectivity index (χ1) is 9.29. The number of aryl methyl sites for hydroxylation is 3. The molecular weight excluding hydrogens is 252 g/mol. The summed E-state index contributed by atoms with van der Waals surface area (Å²) >= 11 is 1.66. The molecule has 1 heterocycles. The van der Waals surface area contributed by atoms with E-state index in [0.717, 1.165) is 16.9 Å². The van der Waals surface area contributed by atoms with Gasteiger partial charge in [0.25, 0.3) is 0 Å². The lowest BCUT2D eigenvalue weighted by Crippen LogP contribution is -2.06. The van der Waals surface area contributed by atoms with Gasteiger partial charge in [0.2, 0.25) is 0 Å².